The molecule has 0 aliphatic carbocycles. The van der Waals surface area contributed by atoms with Crippen molar-refractivity contribution in [2.45, 2.75) is 38.9 Å². The molecule has 0 saturated heterocycles. The standard InChI is InChI=1S/C11H24O4/c1-10(12)9-11(2)15-8-7-14-6-4-5-13-3/h10-12H,4-9H2,1-3H3. The topological polar surface area (TPSA) is 47.9 Å². The average Bonchev–Trinajstić information content (AvgIpc) is 2.15. The molecule has 92 valence electrons. The highest BCUT2D eigenvalue weighted by molar-refractivity contribution is 4.55. The quantitative estimate of drug-likeness (QED) is 0.562. The maximum Gasteiger partial charge on any atom is 0.0704 e. The van der Waals surface area contributed by atoms with Crippen LogP contribution in [-0.2, 0) is 14.2 Å². The molecule has 0 heterocycles. The summed E-state index contributed by atoms with van der Waals surface area (Å²) in [4.78, 5) is 0. The Morgan fingerprint density at radius 2 is 1.80 bits per heavy atom. The fourth-order valence-electron chi connectivity index (χ4n) is 1.26. The zero-order valence-electron chi connectivity index (χ0n) is 10.1. The van der Waals surface area contributed by atoms with Gasteiger partial charge in [-0.15, -0.1) is 0 Å². The average molecular weight is 220 g/mol. The van der Waals surface area contributed by atoms with Gasteiger partial charge in [0.05, 0.1) is 25.4 Å². The van der Waals surface area contributed by atoms with Crippen molar-refractivity contribution in [3.8, 4) is 0 Å². The molecular formula is C11H24O4. The van der Waals surface area contributed by atoms with Gasteiger partial charge in [-0.2, -0.15) is 0 Å². The summed E-state index contributed by atoms with van der Waals surface area (Å²) in [5.74, 6) is 0. The van der Waals surface area contributed by atoms with Crippen LogP contribution < -0.4 is 0 Å². The van der Waals surface area contributed by atoms with Gasteiger partial charge in [-0.3, -0.25) is 0 Å². The molecule has 2 unspecified atom stereocenters. The van der Waals surface area contributed by atoms with E-state index < -0.39 is 0 Å². The first kappa shape index (κ1) is 14.8. The Kier molecular flexibility index (Phi) is 10.3. The van der Waals surface area contributed by atoms with E-state index in [0.29, 0.717) is 26.2 Å². The normalized spacial score (nSPS) is 15.2. The predicted molar refractivity (Wildman–Crippen MR) is 59.0 cm³/mol. The smallest absolute Gasteiger partial charge is 0.0704 e. The Bertz CT molecular complexity index is 128. The number of aliphatic hydroxyl groups is 1. The van der Waals surface area contributed by atoms with E-state index in [2.05, 4.69) is 0 Å². The van der Waals surface area contributed by atoms with E-state index in [1.54, 1.807) is 14.0 Å². The molecule has 15 heavy (non-hydrogen) atoms. The van der Waals surface area contributed by atoms with Gasteiger partial charge in [-0.25, -0.2) is 0 Å². The summed E-state index contributed by atoms with van der Waals surface area (Å²) in [6.45, 7) is 6.36. The van der Waals surface area contributed by atoms with Crippen molar-refractivity contribution in [2.24, 2.45) is 0 Å². The van der Waals surface area contributed by atoms with E-state index in [-0.39, 0.29) is 12.2 Å². The van der Waals surface area contributed by atoms with Crippen LogP contribution in [0.4, 0.5) is 0 Å². The van der Waals surface area contributed by atoms with Gasteiger partial charge in [-0.1, -0.05) is 0 Å². The summed E-state index contributed by atoms with van der Waals surface area (Å²) >= 11 is 0. The molecule has 4 heteroatoms. The van der Waals surface area contributed by atoms with Crippen molar-refractivity contribution in [1.82, 2.24) is 0 Å². The number of hydrogen-bond acceptors (Lipinski definition) is 4. The van der Waals surface area contributed by atoms with E-state index in [4.69, 9.17) is 19.3 Å². The van der Waals surface area contributed by atoms with Crippen LogP contribution in [0.5, 0.6) is 0 Å². The molecule has 0 radical (unpaired) electrons. The Hall–Kier alpha value is -0.160. The Morgan fingerprint density at radius 1 is 1.07 bits per heavy atom. The van der Waals surface area contributed by atoms with Crippen molar-refractivity contribution in [1.29, 1.82) is 0 Å². The number of hydrogen-bond donors (Lipinski definition) is 1. The maximum atomic E-state index is 9.10. The van der Waals surface area contributed by atoms with Crippen LogP contribution in [-0.4, -0.2) is 50.9 Å². The minimum absolute atomic E-state index is 0.0903. The highest BCUT2D eigenvalue weighted by Crippen LogP contribution is 2.01. The van der Waals surface area contributed by atoms with E-state index in [9.17, 15) is 0 Å². The van der Waals surface area contributed by atoms with Crippen LogP contribution in [0.25, 0.3) is 0 Å². The van der Waals surface area contributed by atoms with Crippen LogP contribution in [0.2, 0.25) is 0 Å². The highest BCUT2D eigenvalue weighted by Gasteiger charge is 2.05. The maximum absolute atomic E-state index is 9.10. The van der Waals surface area contributed by atoms with Gasteiger partial charge in [0.2, 0.25) is 0 Å². The number of aliphatic hydroxyl groups excluding tert-OH is 1. The van der Waals surface area contributed by atoms with Gasteiger partial charge in [0.25, 0.3) is 0 Å². The van der Waals surface area contributed by atoms with Gasteiger partial charge in [-0.05, 0) is 26.7 Å². The second-order valence-corrected chi connectivity index (χ2v) is 3.72. The molecule has 2 atom stereocenters. The molecule has 0 aliphatic rings. The second-order valence-electron chi connectivity index (χ2n) is 3.72. The van der Waals surface area contributed by atoms with Gasteiger partial charge in [0.15, 0.2) is 0 Å². The SMILES string of the molecule is COCCCOCCOC(C)CC(C)O. The molecule has 0 rings (SSSR count). The lowest BCUT2D eigenvalue weighted by Gasteiger charge is -2.14. The third kappa shape index (κ3) is 11.8. The first-order valence-electron chi connectivity index (χ1n) is 5.53. The van der Waals surface area contributed by atoms with Gasteiger partial charge >= 0.3 is 0 Å². The largest absolute Gasteiger partial charge is 0.393 e. The van der Waals surface area contributed by atoms with E-state index >= 15 is 0 Å². The van der Waals surface area contributed by atoms with E-state index in [1.165, 1.54) is 0 Å². The van der Waals surface area contributed by atoms with Crippen LogP contribution >= 0.6 is 0 Å². The van der Waals surface area contributed by atoms with Gasteiger partial charge in [0, 0.05) is 20.3 Å². The summed E-state index contributed by atoms with van der Waals surface area (Å²) < 4.78 is 15.7. The predicted octanol–water partition coefficient (Wildman–Crippen LogP) is 1.22. The molecule has 0 aromatic carbocycles. The van der Waals surface area contributed by atoms with Crippen LogP contribution in [0, 0.1) is 0 Å². The molecule has 0 amide bonds. The first-order chi connectivity index (χ1) is 7.16. The lowest BCUT2D eigenvalue weighted by atomic mass is 10.2. The molecule has 1 N–H and O–H groups in total. The third-order valence-electron chi connectivity index (χ3n) is 1.94. The minimum Gasteiger partial charge on any atom is -0.393 e. The molecule has 0 aliphatic heterocycles. The zero-order chi connectivity index (χ0) is 11.5. The summed E-state index contributed by atoms with van der Waals surface area (Å²) in [6.07, 6.45) is 1.37. The summed E-state index contributed by atoms with van der Waals surface area (Å²) in [6, 6.07) is 0. The van der Waals surface area contributed by atoms with E-state index in [0.717, 1.165) is 13.0 Å². The Balaban J connectivity index is 3.09. The molecule has 0 saturated carbocycles. The number of ether oxygens (including phenoxy) is 3. The van der Waals surface area contributed by atoms with Crippen molar-refractivity contribution < 1.29 is 19.3 Å². The summed E-state index contributed by atoms with van der Waals surface area (Å²) in [7, 11) is 1.68. The van der Waals surface area contributed by atoms with Crippen LogP contribution in [0.1, 0.15) is 26.7 Å². The molecule has 0 aromatic rings. The number of methoxy groups -OCH3 is 1. The minimum atomic E-state index is -0.303. The molecule has 0 bridgehead atoms. The fourth-order valence-corrected chi connectivity index (χ4v) is 1.26. The Morgan fingerprint density at radius 3 is 2.40 bits per heavy atom. The van der Waals surface area contributed by atoms with Crippen molar-refractivity contribution in [3.63, 3.8) is 0 Å². The van der Waals surface area contributed by atoms with E-state index in [1.807, 2.05) is 6.92 Å². The third-order valence-corrected chi connectivity index (χ3v) is 1.94. The van der Waals surface area contributed by atoms with Crippen molar-refractivity contribution >= 4 is 0 Å². The first-order valence-corrected chi connectivity index (χ1v) is 5.53. The molecule has 0 aromatic heterocycles. The number of rotatable bonds is 10. The van der Waals surface area contributed by atoms with Crippen LogP contribution in [0.3, 0.4) is 0 Å². The highest BCUT2D eigenvalue weighted by atomic mass is 16.5. The molecule has 4 nitrogen and oxygen atoms in total. The van der Waals surface area contributed by atoms with Crippen LogP contribution in [0.15, 0.2) is 0 Å². The molecule has 0 spiro atoms. The van der Waals surface area contributed by atoms with Gasteiger partial charge in [0.1, 0.15) is 0 Å². The lowest BCUT2D eigenvalue weighted by molar-refractivity contribution is -0.00889. The molecular weight excluding hydrogens is 196 g/mol. The fraction of sp³-hybridized carbons (Fsp3) is 1.00. The lowest BCUT2D eigenvalue weighted by Crippen LogP contribution is -2.18. The summed E-state index contributed by atoms with van der Waals surface area (Å²) in [5, 5.41) is 9.10. The zero-order valence-corrected chi connectivity index (χ0v) is 10.1. The van der Waals surface area contributed by atoms with Gasteiger partial charge < -0.3 is 19.3 Å². The monoisotopic (exact) mass is 220 g/mol. The Labute approximate surface area is 92.5 Å². The van der Waals surface area contributed by atoms with Crippen molar-refractivity contribution in [2.75, 3.05) is 33.5 Å². The molecule has 0 fully saturated rings. The second kappa shape index (κ2) is 10.4. The van der Waals surface area contributed by atoms with Crippen molar-refractivity contribution in [3.05, 3.63) is 0 Å². The summed E-state index contributed by atoms with van der Waals surface area (Å²) in [5.41, 5.74) is 0.